The quantitative estimate of drug-likeness (QED) is 0.325. The van der Waals surface area contributed by atoms with Crippen LogP contribution in [0.3, 0.4) is 0 Å². The molecule has 0 heterocycles. The van der Waals surface area contributed by atoms with Crippen LogP contribution in [0.2, 0.25) is 0 Å². The van der Waals surface area contributed by atoms with Gasteiger partial charge in [-0.1, -0.05) is 77.6 Å². The largest absolute Gasteiger partial charge is 0.393 e. The van der Waals surface area contributed by atoms with Crippen LogP contribution in [0.4, 0.5) is 0 Å². The first kappa shape index (κ1) is 20.9. The molecule has 0 fully saturated rings. The summed E-state index contributed by atoms with van der Waals surface area (Å²) in [6.07, 6.45) is 16.1. The van der Waals surface area contributed by atoms with Crippen molar-refractivity contribution in [2.24, 2.45) is 0 Å². The predicted octanol–water partition coefficient (Wildman–Crippen LogP) is 5.15. The number of rotatable bonds is 15. The number of nitrogens with zero attached hydrogens (tertiary/aromatic N) is 1. The van der Waals surface area contributed by atoms with Gasteiger partial charge in [-0.15, -0.1) is 0 Å². The van der Waals surface area contributed by atoms with Crippen molar-refractivity contribution in [3.8, 4) is 0 Å². The first-order valence-electron chi connectivity index (χ1n) is 9.17. The van der Waals surface area contributed by atoms with Crippen molar-refractivity contribution in [3.63, 3.8) is 0 Å². The third-order valence-electron chi connectivity index (χ3n) is 4.28. The van der Waals surface area contributed by atoms with Crippen LogP contribution in [0.1, 0.15) is 97.3 Å². The molecule has 128 valence electrons. The highest BCUT2D eigenvalue weighted by molar-refractivity contribution is 4.66. The molecule has 0 rings (SSSR count). The van der Waals surface area contributed by atoms with Crippen LogP contribution >= 0.6 is 0 Å². The van der Waals surface area contributed by atoms with Gasteiger partial charge in [0.1, 0.15) is 0 Å². The Labute approximate surface area is 132 Å². The van der Waals surface area contributed by atoms with E-state index < -0.39 is 0 Å². The third kappa shape index (κ3) is 14.6. The molecule has 2 N–H and O–H groups in total. The summed E-state index contributed by atoms with van der Waals surface area (Å²) in [4.78, 5) is 0. The molecule has 0 radical (unpaired) electrons. The minimum atomic E-state index is -0.336. The van der Waals surface area contributed by atoms with Gasteiger partial charge in [-0.25, -0.2) is 0 Å². The second-order valence-corrected chi connectivity index (χ2v) is 6.64. The molecule has 0 aromatic heterocycles. The monoisotopic (exact) mass is 301 g/mol. The van der Waals surface area contributed by atoms with Crippen LogP contribution in [0.25, 0.3) is 0 Å². The molecule has 0 bridgehead atoms. The van der Waals surface area contributed by atoms with E-state index in [0.717, 1.165) is 12.8 Å². The lowest BCUT2D eigenvalue weighted by atomic mass is 10.0. The Hall–Kier alpha value is -0.120. The second kappa shape index (κ2) is 14.8. The molecule has 0 saturated carbocycles. The highest BCUT2D eigenvalue weighted by atomic mass is 16.5. The van der Waals surface area contributed by atoms with Gasteiger partial charge in [-0.05, 0) is 19.8 Å². The maximum absolute atomic E-state index is 9.54. The summed E-state index contributed by atoms with van der Waals surface area (Å²) in [5.74, 6) is 0. The molecule has 3 nitrogen and oxygen atoms in total. The van der Waals surface area contributed by atoms with Crippen LogP contribution in [0.5, 0.6) is 0 Å². The molecule has 3 heteroatoms. The molecule has 0 aliphatic carbocycles. The molecule has 0 aromatic carbocycles. The number of aliphatic hydroxyl groups excluding tert-OH is 1. The Morgan fingerprint density at radius 2 is 1.24 bits per heavy atom. The summed E-state index contributed by atoms with van der Waals surface area (Å²) in [6.45, 7) is 4.05. The number of aliphatic hydroxyl groups is 1. The molecule has 0 saturated heterocycles. The van der Waals surface area contributed by atoms with E-state index in [1.807, 2.05) is 0 Å². The lowest BCUT2D eigenvalue weighted by molar-refractivity contribution is -0.114. The Balaban J connectivity index is 3.34. The van der Waals surface area contributed by atoms with Crippen molar-refractivity contribution in [1.82, 2.24) is 5.06 Å². The number of hydroxylamine groups is 2. The van der Waals surface area contributed by atoms with Gasteiger partial charge in [-0.3, -0.25) is 0 Å². The van der Waals surface area contributed by atoms with Crippen LogP contribution in [-0.2, 0) is 0 Å². The standard InChI is InChI=1S/C18H39NO2/c1-4-5-6-7-8-9-10-11-12-13-14-15-18(19(3)21)16-17(2)20/h17-18,20-21H,4-16H2,1-3H3. The molecular formula is C18H39NO2. The van der Waals surface area contributed by atoms with Gasteiger partial charge in [0.05, 0.1) is 6.10 Å². The lowest BCUT2D eigenvalue weighted by Crippen LogP contribution is -2.31. The molecule has 21 heavy (non-hydrogen) atoms. The molecule has 0 aliphatic heterocycles. The highest BCUT2D eigenvalue weighted by Gasteiger charge is 2.14. The molecule has 2 unspecified atom stereocenters. The zero-order valence-corrected chi connectivity index (χ0v) is 14.7. The molecular weight excluding hydrogens is 262 g/mol. The van der Waals surface area contributed by atoms with Crippen LogP contribution < -0.4 is 0 Å². The van der Waals surface area contributed by atoms with Crippen molar-refractivity contribution in [3.05, 3.63) is 0 Å². The Bertz CT molecular complexity index is 207. The van der Waals surface area contributed by atoms with Crippen molar-refractivity contribution < 1.29 is 10.3 Å². The molecule has 0 aliphatic rings. The first-order valence-corrected chi connectivity index (χ1v) is 9.17. The molecule has 0 amide bonds. The summed E-state index contributed by atoms with van der Waals surface area (Å²) in [5, 5.41) is 20.2. The average Bonchev–Trinajstić information content (AvgIpc) is 2.42. The lowest BCUT2D eigenvalue weighted by Gasteiger charge is -2.23. The predicted molar refractivity (Wildman–Crippen MR) is 90.7 cm³/mol. The van der Waals surface area contributed by atoms with E-state index in [2.05, 4.69) is 6.92 Å². The van der Waals surface area contributed by atoms with E-state index in [1.54, 1.807) is 14.0 Å². The van der Waals surface area contributed by atoms with E-state index in [1.165, 1.54) is 69.3 Å². The summed E-state index contributed by atoms with van der Waals surface area (Å²) >= 11 is 0. The summed E-state index contributed by atoms with van der Waals surface area (Å²) in [6, 6.07) is 0.101. The normalized spacial score (nSPS) is 14.6. The van der Waals surface area contributed by atoms with Gasteiger partial charge in [0.2, 0.25) is 0 Å². The van der Waals surface area contributed by atoms with Crippen molar-refractivity contribution in [1.29, 1.82) is 0 Å². The van der Waals surface area contributed by atoms with Crippen LogP contribution in [0.15, 0.2) is 0 Å². The zero-order chi connectivity index (χ0) is 15.9. The van der Waals surface area contributed by atoms with Crippen LogP contribution in [0, 0.1) is 0 Å². The van der Waals surface area contributed by atoms with E-state index in [9.17, 15) is 10.3 Å². The Morgan fingerprint density at radius 3 is 1.62 bits per heavy atom. The van der Waals surface area contributed by atoms with E-state index >= 15 is 0 Å². The van der Waals surface area contributed by atoms with Crippen LogP contribution in [-0.4, -0.2) is 34.6 Å². The SMILES string of the molecule is CCCCCCCCCCCCCC(CC(C)O)N(C)O. The number of hydrogen-bond acceptors (Lipinski definition) is 3. The van der Waals surface area contributed by atoms with Gasteiger partial charge in [0.15, 0.2) is 0 Å². The minimum absolute atomic E-state index is 0.101. The smallest absolute Gasteiger partial charge is 0.0527 e. The maximum Gasteiger partial charge on any atom is 0.0527 e. The second-order valence-electron chi connectivity index (χ2n) is 6.64. The molecule has 0 aromatic rings. The Morgan fingerprint density at radius 1 is 0.810 bits per heavy atom. The van der Waals surface area contributed by atoms with E-state index in [4.69, 9.17) is 0 Å². The first-order chi connectivity index (χ1) is 10.1. The van der Waals surface area contributed by atoms with Crippen molar-refractivity contribution in [2.45, 2.75) is 109 Å². The molecule has 0 spiro atoms. The van der Waals surface area contributed by atoms with Gasteiger partial charge < -0.3 is 10.3 Å². The van der Waals surface area contributed by atoms with Crippen molar-refractivity contribution >= 4 is 0 Å². The van der Waals surface area contributed by atoms with Gasteiger partial charge in [0, 0.05) is 13.1 Å². The topological polar surface area (TPSA) is 43.7 Å². The van der Waals surface area contributed by atoms with Gasteiger partial charge in [0.25, 0.3) is 0 Å². The fourth-order valence-electron chi connectivity index (χ4n) is 2.90. The third-order valence-corrected chi connectivity index (χ3v) is 4.28. The fraction of sp³-hybridized carbons (Fsp3) is 1.00. The van der Waals surface area contributed by atoms with Crippen molar-refractivity contribution in [2.75, 3.05) is 7.05 Å². The molecule has 2 atom stereocenters. The fourth-order valence-corrected chi connectivity index (χ4v) is 2.90. The van der Waals surface area contributed by atoms with E-state index in [-0.39, 0.29) is 12.1 Å². The minimum Gasteiger partial charge on any atom is -0.393 e. The average molecular weight is 302 g/mol. The van der Waals surface area contributed by atoms with Gasteiger partial charge in [-0.2, -0.15) is 5.06 Å². The summed E-state index contributed by atoms with van der Waals surface area (Å²) < 4.78 is 0. The van der Waals surface area contributed by atoms with Gasteiger partial charge >= 0.3 is 0 Å². The number of hydrogen-bond donors (Lipinski definition) is 2. The van der Waals surface area contributed by atoms with E-state index in [0.29, 0.717) is 6.42 Å². The summed E-state index contributed by atoms with van der Waals surface area (Å²) in [5.41, 5.74) is 0. The highest BCUT2D eigenvalue weighted by Crippen LogP contribution is 2.15. The number of unbranched alkanes of at least 4 members (excludes halogenated alkanes) is 10. The summed E-state index contributed by atoms with van der Waals surface area (Å²) in [7, 11) is 1.69. The maximum atomic E-state index is 9.54. The zero-order valence-electron chi connectivity index (χ0n) is 14.7. The Kier molecular flexibility index (Phi) is 14.7.